The Hall–Kier alpha value is -1.09. The Morgan fingerprint density at radius 2 is 2.14 bits per heavy atom. The highest BCUT2D eigenvalue weighted by Crippen LogP contribution is 2.18. The van der Waals surface area contributed by atoms with Crippen LogP contribution in [0.1, 0.15) is 24.2 Å². The minimum absolute atomic E-state index is 0.458. The van der Waals surface area contributed by atoms with Crippen molar-refractivity contribution >= 4 is 22.7 Å². The van der Waals surface area contributed by atoms with Gasteiger partial charge in [0, 0.05) is 19.3 Å². The molecule has 0 aliphatic rings. The van der Waals surface area contributed by atoms with Crippen LogP contribution in [0.15, 0.2) is 18.3 Å². The van der Waals surface area contributed by atoms with Crippen LogP contribution in [0, 0.1) is 0 Å². The molecule has 1 rings (SSSR count). The number of rotatable bonds is 4. The van der Waals surface area contributed by atoms with Crippen LogP contribution in [0.4, 0.5) is 5.82 Å². The maximum atomic E-state index is 11.1. The van der Waals surface area contributed by atoms with Crippen LogP contribution in [0.2, 0.25) is 0 Å². The summed E-state index contributed by atoms with van der Waals surface area (Å²) in [5.74, 6) is 0.664. The molecule has 0 saturated heterocycles. The molecule has 0 fully saturated rings. The number of aromatic nitrogens is 1. The van der Waals surface area contributed by atoms with Gasteiger partial charge >= 0.3 is 0 Å². The van der Waals surface area contributed by atoms with Gasteiger partial charge in [-0.25, -0.2) is 4.98 Å². The molecule has 0 radical (unpaired) electrons. The summed E-state index contributed by atoms with van der Waals surface area (Å²) in [6.07, 6.45) is 1.66. The predicted molar refractivity (Wildman–Crippen MR) is 58.0 cm³/mol. The minimum Gasteiger partial charge on any atom is -0.357 e. The standard InChI is InChI=1S/C10H13ClN2O/c1-3-13(4-2)10-8(9(11)14)6-5-7-12-10/h5-7H,3-4H2,1-2H3. The van der Waals surface area contributed by atoms with Crippen molar-refractivity contribution in [1.82, 2.24) is 4.98 Å². The zero-order valence-corrected chi connectivity index (χ0v) is 9.08. The maximum absolute atomic E-state index is 11.1. The van der Waals surface area contributed by atoms with Crippen molar-refractivity contribution in [2.24, 2.45) is 0 Å². The molecule has 0 spiro atoms. The minimum atomic E-state index is -0.458. The molecule has 0 unspecified atom stereocenters. The Morgan fingerprint density at radius 3 is 2.64 bits per heavy atom. The first-order chi connectivity index (χ1) is 6.70. The van der Waals surface area contributed by atoms with Gasteiger partial charge in [0.2, 0.25) is 0 Å². The van der Waals surface area contributed by atoms with E-state index in [0.29, 0.717) is 11.4 Å². The van der Waals surface area contributed by atoms with E-state index in [1.165, 1.54) is 0 Å². The van der Waals surface area contributed by atoms with Crippen LogP contribution in [-0.4, -0.2) is 23.3 Å². The van der Waals surface area contributed by atoms with Gasteiger partial charge in [-0.2, -0.15) is 0 Å². The first-order valence-electron chi connectivity index (χ1n) is 4.60. The zero-order chi connectivity index (χ0) is 10.6. The number of carbonyl (C=O) groups is 1. The molecule has 0 aromatic carbocycles. The highest BCUT2D eigenvalue weighted by molar-refractivity contribution is 6.68. The average molecular weight is 213 g/mol. The Morgan fingerprint density at radius 1 is 1.50 bits per heavy atom. The second kappa shape index (κ2) is 4.96. The Bertz CT molecular complexity index is 324. The number of anilines is 1. The van der Waals surface area contributed by atoms with E-state index in [9.17, 15) is 4.79 Å². The molecule has 1 aromatic rings. The first kappa shape index (κ1) is 11.0. The lowest BCUT2D eigenvalue weighted by molar-refractivity contribution is 0.108. The first-order valence-corrected chi connectivity index (χ1v) is 4.98. The quantitative estimate of drug-likeness (QED) is 0.719. The van der Waals surface area contributed by atoms with E-state index in [-0.39, 0.29) is 0 Å². The third kappa shape index (κ3) is 2.23. The summed E-state index contributed by atoms with van der Waals surface area (Å²) in [4.78, 5) is 17.3. The second-order valence-electron chi connectivity index (χ2n) is 2.82. The van der Waals surface area contributed by atoms with Gasteiger partial charge in [-0.15, -0.1) is 0 Å². The molecule has 0 N–H and O–H groups in total. The monoisotopic (exact) mass is 212 g/mol. The molecule has 0 atom stereocenters. The summed E-state index contributed by atoms with van der Waals surface area (Å²) in [6, 6.07) is 3.40. The fraction of sp³-hybridized carbons (Fsp3) is 0.400. The highest BCUT2D eigenvalue weighted by atomic mass is 35.5. The van der Waals surface area contributed by atoms with E-state index in [1.54, 1.807) is 18.3 Å². The number of nitrogens with zero attached hydrogens (tertiary/aromatic N) is 2. The van der Waals surface area contributed by atoms with Gasteiger partial charge in [0.15, 0.2) is 0 Å². The van der Waals surface area contributed by atoms with E-state index in [0.717, 1.165) is 13.1 Å². The molecular formula is C10H13ClN2O. The molecule has 0 amide bonds. The number of halogens is 1. The van der Waals surface area contributed by atoms with Gasteiger partial charge in [-0.05, 0) is 37.6 Å². The SMILES string of the molecule is CCN(CC)c1ncccc1C(=O)Cl. The van der Waals surface area contributed by atoms with Crippen LogP contribution < -0.4 is 4.90 Å². The van der Waals surface area contributed by atoms with E-state index in [4.69, 9.17) is 11.6 Å². The number of carbonyl (C=O) groups excluding carboxylic acids is 1. The third-order valence-electron chi connectivity index (χ3n) is 2.06. The summed E-state index contributed by atoms with van der Waals surface area (Å²) in [5.41, 5.74) is 0.470. The van der Waals surface area contributed by atoms with Crippen molar-refractivity contribution < 1.29 is 4.79 Å². The normalized spacial score (nSPS) is 9.93. The molecule has 14 heavy (non-hydrogen) atoms. The van der Waals surface area contributed by atoms with Gasteiger partial charge in [-0.1, -0.05) is 0 Å². The van der Waals surface area contributed by atoms with E-state index in [1.807, 2.05) is 18.7 Å². The lowest BCUT2D eigenvalue weighted by Crippen LogP contribution is -2.24. The topological polar surface area (TPSA) is 33.2 Å². The van der Waals surface area contributed by atoms with Crippen molar-refractivity contribution in [2.75, 3.05) is 18.0 Å². The molecular weight excluding hydrogens is 200 g/mol. The lowest BCUT2D eigenvalue weighted by Gasteiger charge is -2.21. The highest BCUT2D eigenvalue weighted by Gasteiger charge is 2.13. The number of hydrogen-bond acceptors (Lipinski definition) is 3. The Labute approximate surface area is 88.7 Å². The van der Waals surface area contributed by atoms with Crippen molar-refractivity contribution in [1.29, 1.82) is 0 Å². The van der Waals surface area contributed by atoms with E-state index >= 15 is 0 Å². The van der Waals surface area contributed by atoms with Crippen LogP contribution >= 0.6 is 11.6 Å². The summed E-state index contributed by atoms with van der Waals surface area (Å²) in [5, 5.41) is -0.458. The van der Waals surface area contributed by atoms with Gasteiger partial charge in [0.25, 0.3) is 5.24 Å². The molecule has 0 bridgehead atoms. The van der Waals surface area contributed by atoms with Crippen LogP contribution in [0.3, 0.4) is 0 Å². The molecule has 0 aliphatic heterocycles. The Kier molecular flexibility index (Phi) is 3.89. The largest absolute Gasteiger partial charge is 0.357 e. The lowest BCUT2D eigenvalue weighted by atomic mass is 10.2. The van der Waals surface area contributed by atoms with Crippen molar-refractivity contribution in [3.05, 3.63) is 23.9 Å². The van der Waals surface area contributed by atoms with Crippen LogP contribution in [0.5, 0.6) is 0 Å². The van der Waals surface area contributed by atoms with Gasteiger partial charge in [0.05, 0.1) is 5.56 Å². The predicted octanol–water partition coefficient (Wildman–Crippen LogP) is 2.31. The third-order valence-corrected chi connectivity index (χ3v) is 2.27. The van der Waals surface area contributed by atoms with Crippen molar-refractivity contribution in [3.63, 3.8) is 0 Å². The fourth-order valence-corrected chi connectivity index (χ4v) is 1.47. The molecule has 1 aromatic heterocycles. The molecule has 0 aliphatic carbocycles. The summed E-state index contributed by atoms with van der Waals surface area (Å²) in [6.45, 7) is 5.65. The number of hydrogen-bond donors (Lipinski definition) is 0. The van der Waals surface area contributed by atoms with Gasteiger partial charge in [0.1, 0.15) is 5.82 Å². The maximum Gasteiger partial charge on any atom is 0.256 e. The molecule has 3 nitrogen and oxygen atoms in total. The molecule has 0 saturated carbocycles. The molecule has 76 valence electrons. The van der Waals surface area contributed by atoms with Crippen LogP contribution in [-0.2, 0) is 0 Å². The number of pyridine rings is 1. The van der Waals surface area contributed by atoms with E-state index < -0.39 is 5.24 Å². The summed E-state index contributed by atoms with van der Waals surface area (Å²) < 4.78 is 0. The van der Waals surface area contributed by atoms with Crippen molar-refractivity contribution in [3.8, 4) is 0 Å². The van der Waals surface area contributed by atoms with Gasteiger partial charge < -0.3 is 4.90 Å². The smallest absolute Gasteiger partial charge is 0.256 e. The van der Waals surface area contributed by atoms with E-state index in [2.05, 4.69) is 4.98 Å². The second-order valence-corrected chi connectivity index (χ2v) is 3.16. The Balaban J connectivity index is 3.11. The summed E-state index contributed by atoms with van der Waals surface area (Å²) >= 11 is 5.46. The zero-order valence-electron chi connectivity index (χ0n) is 8.33. The van der Waals surface area contributed by atoms with Crippen LogP contribution in [0.25, 0.3) is 0 Å². The average Bonchev–Trinajstić information content (AvgIpc) is 2.20. The van der Waals surface area contributed by atoms with Crippen molar-refractivity contribution in [2.45, 2.75) is 13.8 Å². The molecule has 4 heteroatoms. The fourth-order valence-electron chi connectivity index (χ4n) is 1.33. The van der Waals surface area contributed by atoms with Gasteiger partial charge in [-0.3, -0.25) is 4.79 Å². The molecule has 1 heterocycles. The summed E-state index contributed by atoms with van der Waals surface area (Å²) in [7, 11) is 0.